The predicted octanol–water partition coefficient (Wildman–Crippen LogP) is 2.09. The molecule has 0 atom stereocenters. The molecule has 0 N–H and O–H groups in total. The molecule has 0 radical (unpaired) electrons. The van der Waals surface area contributed by atoms with E-state index in [2.05, 4.69) is 4.98 Å². The van der Waals surface area contributed by atoms with E-state index in [1.807, 2.05) is 0 Å². The minimum absolute atomic E-state index is 0.0745. The van der Waals surface area contributed by atoms with Crippen LogP contribution in [0.4, 0.5) is 0 Å². The van der Waals surface area contributed by atoms with Crippen LogP contribution in [-0.2, 0) is 6.54 Å². The summed E-state index contributed by atoms with van der Waals surface area (Å²) in [6.07, 6.45) is 8.33. The van der Waals surface area contributed by atoms with Crippen LogP contribution in [-0.4, -0.2) is 9.55 Å². The van der Waals surface area contributed by atoms with E-state index >= 15 is 0 Å². The minimum atomic E-state index is -0.166. The fourth-order valence-electron chi connectivity index (χ4n) is 2.04. The second kappa shape index (κ2) is 4.13. The maximum Gasteiger partial charge on any atom is 0.288 e. The fraction of sp³-hybridized carbons (Fsp3) is 0.600. The highest BCUT2D eigenvalue weighted by Crippen LogP contribution is 2.25. The zero-order valence-electron chi connectivity index (χ0n) is 7.95. The maximum absolute atomic E-state index is 11.5. The zero-order valence-corrected chi connectivity index (χ0v) is 8.70. The number of hydrogen-bond acceptors (Lipinski definition) is 2. The largest absolute Gasteiger partial charge is 0.311 e. The van der Waals surface area contributed by atoms with Crippen LogP contribution in [0.15, 0.2) is 17.2 Å². The molecule has 76 valence electrons. The smallest absolute Gasteiger partial charge is 0.288 e. The highest BCUT2D eigenvalue weighted by Gasteiger charge is 2.16. The summed E-state index contributed by atoms with van der Waals surface area (Å²) < 4.78 is 1.67. The van der Waals surface area contributed by atoms with E-state index < -0.39 is 0 Å². The van der Waals surface area contributed by atoms with Gasteiger partial charge < -0.3 is 4.57 Å². The van der Waals surface area contributed by atoms with Crippen molar-refractivity contribution >= 4 is 11.6 Å². The zero-order chi connectivity index (χ0) is 9.97. The van der Waals surface area contributed by atoms with Gasteiger partial charge in [-0.15, -0.1) is 0 Å². The van der Waals surface area contributed by atoms with Gasteiger partial charge in [-0.1, -0.05) is 24.4 Å². The Kier molecular flexibility index (Phi) is 2.87. The molecule has 0 unspecified atom stereocenters. The summed E-state index contributed by atoms with van der Waals surface area (Å²) in [6.45, 7) is 0.793. The van der Waals surface area contributed by atoms with Crippen molar-refractivity contribution in [2.24, 2.45) is 5.92 Å². The van der Waals surface area contributed by atoms with E-state index in [0.29, 0.717) is 5.92 Å². The molecule has 0 spiro atoms. The summed E-state index contributed by atoms with van der Waals surface area (Å²) in [7, 11) is 0. The number of nitrogens with zero attached hydrogens (tertiary/aromatic N) is 2. The first-order valence-electron chi connectivity index (χ1n) is 4.98. The van der Waals surface area contributed by atoms with Gasteiger partial charge >= 0.3 is 0 Å². The Morgan fingerprint density at radius 3 is 2.93 bits per heavy atom. The van der Waals surface area contributed by atoms with Gasteiger partial charge in [0.1, 0.15) is 0 Å². The monoisotopic (exact) mass is 212 g/mol. The van der Waals surface area contributed by atoms with E-state index in [1.165, 1.54) is 25.7 Å². The molecule has 1 saturated carbocycles. The summed E-state index contributed by atoms with van der Waals surface area (Å²) >= 11 is 5.65. The van der Waals surface area contributed by atoms with Gasteiger partial charge in [0, 0.05) is 18.9 Å². The first-order valence-corrected chi connectivity index (χ1v) is 5.36. The number of aromatic nitrogens is 2. The van der Waals surface area contributed by atoms with Gasteiger partial charge in [-0.3, -0.25) is 4.79 Å². The highest BCUT2D eigenvalue weighted by molar-refractivity contribution is 6.29. The molecule has 1 aliphatic carbocycles. The van der Waals surface area contributed by atoms with Gasteiger partial charge in [0.15, 0.2) is 5.15 Å². The lowest BCUT2D eigenvalue weighted by Gasteiger charge is -2.10. The molecule has 0 aromatic carbocycles. The van der Waals surface area contributed by atoms with Crippen molar-refractivity contribution in [2.45, 2.75) is 32.2 Å². The van der Waals surface area contributed by atoms with Crippen LogP contribution >= 0.6 is 11.6 Å². The Bertz CT molecular complexity index is 369. The SMILES string of the molecule is O=c1c(Cl)nccn1CC1CCCC1. The molecule has 14 heavy (non-hydrogen) atoms. The molecule has 1 aromatic rings. The van der Waals surface area contributed by atoms with Crippen LogP contribution in [0.25, 0.3) is 0 Å². The normalized spacial score (nSPS) is 17.5. The molecular weight excluding hydrogens is 200 g/mol. The van der Waals surface area contributed by atoms with Gasteiger partial charge in [-0.25, -0.2) is 4.98 Å². The lowest BCUT2D eigenvalue weighted by Crippen LogP contribution is -2.23. The third-order valence-corrected chi connectivity index (χ3v) is 3.06. The summed E-state index contributed by atoms with van der Waals surface area (Å²) in [4.78, 5) is 15.3. The maximum atomic E-state index is 11.5. The van der Waals surface area contributed by atoms with Crippen LogP contribution in [0.2, 0.25) is 5.15 Å². The molecule has 1 fully saturated rings. The van der Waals surface area contributed by atoms with Gasteiger partial charge in [-0.05, 0) is 18.8 Å². The average molecular weight is 213 g/mol. The van der Waals surface area contributed by atoms with Crippen LogP contribution in [0.5, 0.6) is 0 Å². The van der Waals surface area contributed by atoms with Crippen molar-refractivity contribution in [3.8, 4) is 0 Å². The quantitative estimate of drug-likeness (QED) is 0.753. The van der Waals surface area contributed by atoms with Gasteiger partial charge in [-0.2, -0.15) is 0 Å². The molecule has 0 amide bonds. The molecule has 2 rings (SSSR count). The summed E-state index contributed by atoms with van der Waals surface area (Å²) in [5, 5.41) is 0.0745. The second-order valence-corrected chi connectivity index (χ2v) is 4.18. The first kappa shape index (κ1) is 9.71. The summed E-state index contributed by atoms with van der Waals surface area (Å²) in [5.74, 6) is 0.645. The van der Waals surface area contributed by atoms with E-state index in [4.69, 9.17) is 11.6 Å². The van der Waals surface area contributed by atoms with Crippen molar-refractivity contribution in [3.63, 3.8) is 0 Å². The van der Waals surface area contributed by atoms with Crippen molar-refractivity contribution in [2.75, 3.05) is 0 Å². The van der Waals surface area contributed by atoms with E-state index in [0.717, 1.165) is 6.54 Å². The minimum Gasteiger partial charge on any atom is -0.311 e. The van der Waals surface area contributed by atoms with Gasteiger partial charge in [0.25, 0.3) is 5.56 Å². The second-order valence-electron chi connectivity index (χ2n) is 3.83. The summed E-state index contributed by atoms with van der Waals surface area (Å²) in [5.41, 5.74) is -0.166. The lowest BCUT2D eigenvalue weighted by molar-refractivity contribution is 0.448. The Morgan fingerprint density at radius 1 is 1.50 bits per heavy atom. The molecule has 4 heteroatoms. The lowest BCUT2D eigenvalue weighted by atomic mass is 10.1. The van der Waals surface area contributed by atoms with Crippen LogP contribution in [0.3, 0.4) is 0 Å². The molecule has 0 aliphatic heterocycles. The van der Waals surface area contributed by atoms with Crippen molar-refractivity contribution in [3.05, 3.63) is 27.9 Å². The Hall–Kier alpha value is -0.830. The Balaban J connectivity index is 2.16. The summed E-state index contributed by atoms with van der Waals surface area (Å²) in [6, 6.07) is 0. The van der Waals surface area contributed by atoms with Crippen molar-refractivity contribution < 1.29 is 0 Å². The molecule has 0 bridgehead atoms. The average Bonchev–Trinajstić information content (AvgIpc) is 2.66. The van der Waals surface area contributed by atoms with Crippen molar-refractivity contribution in [1.29, 1.82) is 0 Å². The molecule has 1 aliphatic rings. The third-order valence-electron chi connectivity index (χ3n) is 2.80. The van der Waals surface area contributed by atoms with Gasteiger partial charge in [0.2, 0.25) is 0 Å². The molecule has 0 saturated heterocycles. The molecule has 3 nitrogen and oxygen atoms in total. The Labute approximate surface area is 87.7 Å². The van der Waals surface area contributed by atoms with Crippen LogP contribution < -0.4 is 5.56 Å². The third kappa shape index (κ3) is 1.98. The van der Waals surface area contributed by atoms with E-state index in [-0.39, 0.29) is 10.7 Å². The van der Waals surface area contributed by atoms with Gasteiger partial charge in [0.05, 0.1) is 0 Å². The molecule has 1 aromatic heterocycles. The predicted molar refractivity (Wildman–Crippen MR) is 55.5 cm³/mol. The van der Waals surface area contributed by atoms with Crippen LogP contribution in [0.1, 0.15) is 25.7 Å². The highest BCUT2D eigenvalue weighted by atomic mass is 35.5. The van der Waals surface area contributed by atoms with Crippen LogP contribution in [0, 0.1) is 5.92 Å². The number of rotatable bonds is 2. The fourth-order valence-corrected chi connectivity index (χ4v) is 2.20. The topological polar surface area (TPSA) is 34.9 Å². The van der Waals surface area contributed by atoms with E-state index in [9.17, 15) is 4.79 Å². The number of hydrogen-bond donors (Lipinski definition) is 0. The molecule has 1 heterocycles. The standard InChI is InChI=1S/C10H13ClN2O/c11-9-10(14)13(6-5-12-9)7-8-3-1-2-4-8/h5-6,8H,1-4,7H2. The van der Waals surface area contributed by atoms with E-state index in [1.54, 1.807) is 17.0 Å². The Morgan fingerprint density at radius 2 is 2.21 bits per heavy atom. The molecular formula is C10H13ClN2O. The number of halogens is 1. The first-order chi connectivity index (χ1) is 6.77. The van der Waals surface area contributed by atoms with Crippen molar-refractivity contribution in [1.82, 2.24) is 9.55 Å².